The van der Waals surface area contributed by atoms with Crippen LogP contribution in [-0.2, 0) is 4.74 Å². The van der Waals surface area contributed by atoms with Crippen molar-refractivity contribution >= 4 is 36.0 Å². The van der Waals surface area contributed by atoms with Gasteiger partial charge >= 0.3 is 6.09 Å². The van der Waals surface area contributed by atoms with Crippen LogP contribution < -0.4 is 16.0 Å². The SMILES string of the molecule is CN=C(NCCNC(=O)OC(C)(C)C)NCCC1CC1.I. The summed E-state index contributed by atoms with van der Waals surface area (Å²) in [5, 5.41) is 9.11. The molecule has 0 radical (unpaired) electrons. The van der Waals surface area contributed by atoms with Crippen LogP contribution in [0, 0.1) is 5.92 Å². The zero-order chi connectivity index (χ0) is 15.0. The molecule has 7 heteroatoms. The summed E-state index contributed by atoms with van der Waals surface area (Å²) in [6.07, 6.45) is 3.55. The lowest BCUT2D eigenvalue weighted by molar-refractivity contribution is 0.0529. The third-order valence-electron chi connectivity index (χ3n) is 2.85. The van der Waals surface area contributed by atoms with Gasteiger partial charge in [0.25, 0.3) is 0 Å². The van der Waals surface area contributed by atoms with Crippen LogP contribution in [0.1, 0.15) is 40.0 Å². The van der Waals surface area contributed by atoms with Gasteiger partial charge in [-0.15, -0.1) is 24.0 Å². The Morgan fingerprint density at radius 1 is 1.14 bits per heavy atom. The molecule has 1 aliphatic carbocycles. The van der Waals surface area contributed by atoms with E-state index < -0.39 is 11.7 Å². The van der Waals surface area contributed by atoms with Crippen molar-refractivity contribution in [1.82, 2.24) is 16.0 Å². The Morgan fingerprint density at radius 2 is 1.71 bits per heavy atom. The number of guanidine groups is 1. The lowest BCUT2D eigenvalue weighted by atomic mass is 10.2. The van der Waals surface area contributed by atoms with Gasteiger partial charge in [-0.25, -0.2) is 4.79 Å². The van der Waals surface area contributed by atoms with Crippen LogP contribution in [0.4, 0.5) is 4.79 Å². The van der Waals surface area contributed by atoms with Gasteiger partial charge in [-0.1, -0.05) is 12.8 Å². The van der Waals surface area contributed by atoms with Crippen LogP contribution in [0.5, 0.6) is 0 Å². The van der Waals surface area contributed by atoms with Crippen LogP contribution in [0.2, 0.25) is 0 Å². The number of carbonyl (C=O) groups is 1. The van der Waals surface area contributed by atoms with Crippen LogP contribution in [-0.4, -0.2) is 44.3 Å². The minimum Gasteiger partial charge on any atom is -0.444 e. The highest BCUT2D eigenvalue weighted by atomic mass is 127. The summed E-state index contributed by atoms with van der Waals surface area (Å²) < 4.78 is 5.15. The van der Waals surface area contributed by atoms with Crippen molar-refractivity contribution in [3.63, 3.8) is 0 Å². The van der Waals surface area contributed by atoms with E-state index in [1.165, 1.54) is 19.3 Å². The van der Waals surface area contributed by atoms with Crippen molar-refractivity contribution in [2.75, 3.05) is 26.7 Å². The standard InChI is InChI=1S/C14H28N4O2.HI/c1-14(2,3)20-13(19)18-10-9-17-12(15-4)16-8-7-11-5-6-11;/h11H,5-10H2,1-4H3,(H,18,19)(H2,15,16,17);1H. The summed E-state index contributed by atoms with van der Waals surface area (Å²) in [4.78, 5) is 15.6. The van der Waals surface area contributed by atoms with Crippen LogP contribution in [0.25, 0.3) is 0 Å². The minimum absolute atomic E-state index is 0. The lowest BCUT2D eigenvalue weighted by Gasteiger charge is -2.19. The summed E-state index contributed by atoms with van der Waals surface area (Å²) in [5.41, 5.74) is -0.460. The maximum absolute atomic E-state index is 11.4. The number of halogens is 1. The largest absolute Gasteiger partial charge is 0.444 e. The fraction of sp³-hybridized carbons (Fsp3) is 0.857. The molecule has 0 aliphatic heterocycles. The number of alkyl carbamates (subject to hydrolysis) is 1. The van der Waals surface area contributed by atoms with Gasteiger partial charge in [0.05, 0.1) is 0 Å². The molecule has 0 aromatic heterocycles. The maximum Gasteiger partial charge on any atom is 0.407 e. The molecule has 21 heavy (non-hydrogen) atoms. The Bertz CT molecular complexity index is 338. The van der Waals surface area contributed by atoms with Gasteiger partial charge in [0.15, 0.2) is 5.96 Å². The highest BCUT2D eigenvalue weighted by Crippen LogP contribution is 2.31. The molecule has 1 fully saturated rings. The van der Waals surface area contributed by atoms with Gasteiger partial charge in [0.2, 0.25) is 0 Å². The highest BCUT2D eigenvalue weighted by molar-refractivity contribution is 14.0. The summed E-state index contributed by atoms with van der Waals surface area (Å²) in [6, 6.07) is 0. The zero-order valence-corrected chi connectivity index (χ0v) is 15.8. The second-order valence-electron chi connectivity index (χ2n) is 6.09. The molecule has 6 nitrogen and oxygen atoms in total. The molecule has 1 saturated carbocycles. The van der Waals surface area contributed by atoms with E-state index in [-0.39, 0.29) is 24.0 Å². The molecule has 0 saturated heterocycles. The van der Waals surface area contributed by atoms with Crippen LogP contribution in [0.15, 0.2) is 4.99 Å². The fourth-order valence-corrected chi connectivity index (χ4v) is 1.68. The predicted molar refractivity (Wildman–Crippen MR) is 96.4 cm³/mol. The van der Waals surface area contributed by atoms with Gasteiger partial charge in [-0.2, -0.15) is 0 Å². The Balaban J connectivity index is 0.00000400. The molecule has 1 amide bonds. The first-order chi connectivity index (χ1) is 9.40. The third kappa shape index (κ3) is 11.6. The van der Waals surface area contributed by atoms with Crippen molar-refractivity contribution in [2.45, 2.75) is 45.6 Å². The van der Waals surface area contributed by atoms with Gasteiger partial charge in [-0.05, 0) is 33.1 Å². The van der Waals surface area contributed by atoms with Crippen LogP contribution >= 0.6 is 24.0 Å². The van der Waals surface area contributed by atoms with Gasteiger partial charge in [-0.3, -0.25) is 4.99 Å². The number of ether oxygens (including phenoxy) is 1. The number of carbonyl (C=O) groups excluding carboxylic acids is 1. The zero-order valence-electron chi connectivity index (χ0n) is 13.5. The molecule has 0 unspecified atom stereocenters. The Labute approximate surface area is 144 Å². The first kappa shape index (κ1) is 20.3. The second kappa shape index (κ2) is 10.1. The van der Waals surface area contributed by atoms with Gasteiger partial charge < -0.3 is 20.7 Å². The topological polar surface area (TPSA) is 74.8 Å². The highest BCUT2D eigenvalue weighted by Gasteiger charge is 2.20. The number of hydrogen-bond donors (Lipinski definition) is 3. The molecule has 124 valence electrons. The van der Waals surface area contributed by atoms with Crippen molar-refractivity contribution in [1.29, 1.82) is 0 Å². The summed E-state index contributed by atoms with van der Waals surface area (Å²) in [6.45, 7) is 7.59. The Kier molecular flexibility index (Phi) is 9.72. The number of aliphatic imine (C=N–C) groups is 1. The van der Waals surface area contributed by atoms with Gasteiger partial charge in [0.1, 0.15) is 5.60 Å². The third-order valence-corrected chi connectivity index (χ3v) is 2.85. The van der Waals surface area contributed by atoms with Crippen molar-refractivity contribution in [3.05, 3.63) is 0 Å². The molecule has 0 aromatic carbocycles. The average Bonchev–Trinajstić information content (AvgIpc) is 3.14. The van der Waals surface area contributed by atoms with Crippen molar-refractivity contribution in [3.8, 4) is 0 Å². The number of nitrogens with one attached hydrogen (secondary N) is 3. The fourth-order valence-electron chi connectivity index (χ4n) is 1.68. The quantitative estimate of drug-likeness (QED) is 0.270. The summed E-state index contributed by atoms with van der Waals surface area (Å²) in [7, 11) is 1.74. The lowest BCUT2D eigenvalue weighted by Crippen LogP contribution is -2.42. The molecule has 0 atom stereocenters. The van der Waals surface area contributed by atoms with E-state index in [4.69, 9.17) is 4.74 Å². The Morgan fingerprint density at radius 3 is 2.24 bits per heavy atom. The second-order valence-corrected chi connectivity index (χ2v) is 6.09. The van der Waals surface area contributed by atoms with E-state index in [1.807, 2.05) is 20.8 Å². The molecule has 0 bridgehead atoms. The minimum atomic E-state index is -0.460. The predicted octanol–water partition coefficient (Wildman–Crippen LogP) is 2.09. The molecule has 0 aromatic rings. The Hall–Kier alpha value is -0.730. The molecule has 1 aliphatic rings. The monoisotopic (exact) mass is 412 g/mol. The smallest absolute Gasteiger partial charge is 0.407 e. The maximum atomic E-state index is 11.4. The number of nitrogens with zero attached hydrogens (tertiary/aromatic N) is 1. The van der Waals surface area contributed by atoms with E-state index >= 15 is 0 Å². The number of amides is 1. The number of rotatable bonds is 6. The van der Waals surface area contributed by atoms with E-state index in [1.54, 1.807) is 7.05 Å². The van der Waals surface area contributed by atoms with E-state index in [0.29, 0.717) is 13.1 Å². The van der Waals surface area contributed by atoms with Crippen molar-refractivity contribution in [2.24, 2.45) is 10.9 Å². The molecule has 3 N–H and O–H groups in total. The molecular weight excluding hydrogens is 383 g/mol. The number of hydrogen-bond acceptors (Lipinski definition) is 3. The first-order valence-corrected chi connectivity index (χ1v) is 7.32. The molecular formula is C14H29IN4O2. The first-order valence-electron chi connectivity index (χ1n) is 7.32. The molecule has 1 rings (SSSR count). The summed E-state index contributed by atoms with van der Waals surface area (Å²) >= 11 is 0. The van der Waals surface area contributed by atoms with E-state index in [9.17, 15) is 4.79 Å². The van der Waals surface area contributed by atoms with Crippen molar-refractivity contribution < 1.29 is 9.53 Å². The van der Waals surface area contributed by atoms with E-state index in [2.05, 4.69) is 20.9 Å². The van der Waals surface area contributed by atoms with Gasteiger partial charge in [0, 0.05) is 26.7 Å². The average molecular weight is 412 g/mol. The van der Waals surface area contributed by atoms with Crippen LogP contribution in [0.3, 0.4) is 0 Å². The molecule has 0 spiro atoms. The summed E-state index contributed by atoms with van der Waals surface area (Å²) in [5.74, 6) is 1.69. The normalized spacial score (nSPS) is 15.0. The molecule has 0 heterocycles. The van der Waals surface area contributed by atoms with E-state index in [0.717, 1.165) is 18.4 Å².